The van der Waals surface area contributed by atoms with Gasteiger partial charge in [-0.1, -0.05) is 0 Å². The molecular weight excluding hydrogens is 386 g/mol. The molecule has 0 radical (unpaired) electrons. The lowest BCUT2D eigenvalue weighted by molar-refractivity contribution is -0.179. The molecule has 3 heterocycles. The smallest absolute Gasteiger partial charge is 0.371 e. The topological polar surface area (TPSA) is 60.6 Å². The van der Waals surface area contributed by atoms with E-state index in [-0.39, 0.29) is 18.7 Å². The fourth-order valence-corrected chi connectivity index (χ4v) is 3.94. The van der Waals surface area contributed by atoms with Crippen LogP contribution in [0.1, 0.15) is 12.8 Å². The Hall–Kier alpha value is -3.10. The standard InChI is InChI=1S/C20H17F4N5/c21-12-1-3-14-16(9-12)27-28-18(14)19-25-15-4-2-13(10-17(15)26-19)29-7-5-11(6-8-29)20(22,23)24/h1-4,9-11H,5-8H2,(H,25,26)(H,27,28). The minimum Gasteiger partial charge on any atom is -0.371 e. The van der Waals surface area contributed by atoms with Crippen LogP contribution in [0.3, 0.4) is 0 Å². The van der Waals surface area contributed by atoms with Gasteiger partial charge < -0.3 is 9.88 Å². The van der Waals surface area contributed by atoms with E-state index in [1.807, 2.05) is 23.1 Å². The molecule has 0 spiro atoms. The average Bonchev–Trinajstić information content (AvgIpc) is 3.29. The highest BCUT2D eigenvalue weighted by atomic mass is 19.4. The van der Waals surface area contributed by atoms with Crippen molar-refractivity contribution in [2.24, 2.45) is 5.92 Å². The number of halogens is 4. The molecule has 0 saturated carbocycles. The van der Waals surface area contributed by atoms with E-state index in [4.69, 9.17) is 0 Å². The molecule has 150 valence electrons. The van der Waals surface area contributed by atoms with Crippen LogP contribution in [0.4, 0.5) is 23.2 Å². The Morgan fingerprint density at radius 2 is 1.79 bits per heavy atom. The Kier molecular flexibility index (Phi) is 4.01. The minimum absolute atomic E-state index is 0.103. The summed E-state index contributed by atoms with van der Waals surface area (Å²) in [6.07, 6.45) is -3.92. The van der Waals surface area contributed by atoms with E-state index in [2.05, 4.69) is 20.2 Å². The van der Waals surface area contributed by atoms with Gasteiger partial charge in [-0.15, -0.1) is 0 Å². The molecule has 0 atom stereocenters. The summed E-state index contributed by atoms with van der Waals surface area (Å²) in [4.78, 5) is 9.75. The highest BCUT2D eigenvalue weighted by Gasteiger charge is 2.41. The van der Waals surface area contributed by atoms with Gasteiger partial charge >= 0.3 is 6.18 Å². The zero-order valence-electron chi connectivity index (χ0n) is 15.2. The number of benzene rings is 2. The molecule has 1 saturated heterocycles. The van der Waals surface area contributed by atoms with Gasteiger partial charge in [0.15, 0.2) is 5.82 Å². The van der Waals surface area contributed by atoms with E-state index in [9.17, 15) is 17.6 Å². The van der Waals surface area contributed by atoms with Crippen molar-refractivity contribution < 1.29 is 17.6 Å². The van der Waals surface area contributed by atoms with Gasteiger partial charge in [0.05, 0.1) is 22.5 Å². The van der Waals surface area contributed by atoms with Crippen LogP contribution in [0.15, 0.2) is 36.4 Å². The molecule has 2 N–H and O–H groups in total. The number of aromatic amines is 2. The van der Waals surface area contributed by atoms with Crippen molar-refractivity contribution in [2.45, 2.75) is 19.0 Å². The molecule has 1 aliphatic rings. The molecule has 0 bridgehead atoms. The molecule has 1 fully saturated rings. The van der Waals surface area contributed by atoms with Crippen LogP contribution in [0.25, 0.3) is 33.5 Å². The number of imidazole rings is 1. The molecule has 9 heteroatoms. The Bertz CT molecular complexity index is 1180. The SMILES string of the molecule is Fc1ccc2c(-c3nc4ccc(N5CCC(C(F)(F)F)CC5)cc4[nH]3)n[nH]c2c1. The summed E-state index contributed by atoms with van der Waals surface area (Å²) in [5, 5.41) is 7.79. The number of nitrogens with zero attached hydrogens (tertiary/aromatic N) is 3. The van der Waals surface area contributed by atoms with Crippen LogP contribution in [0.2, 0.25) is 0 Å². The van der Waals surface area contributed by atoms with Crippen molar-refractivity contribution >= 4 is 27.6 Å². The second-order valence-corrected chi connectivity index (χ2v) is 7.35. The van der Waals surface area contributed by atoms with Crippen molar-refractivity contribution in [3.8, 4) is 11.5 Å². The number of alkyl halides is 3. The summed E-state index contributed by atoms with van der Waals surface area (Å²) in [6.45, 7) is 0.735. The lowest BCUT2D eigenvalue weighted by atomic mass is 9.96. The van der Waals surface area contributed by atoms with Gasteiger partial charge in [0.1, 0.15) is 11.5 Å². The first-order valence-electron chi connectivity index (χ1n) is 9.34. The van der Waals surface area contributed by atoms with Crippen molar-refractivity contribution in [2.75, 3.05) is 18.0 Å². The number of hydrogen-bond acceptors (Lipinski definition) is 3. The van der Waals surface area contributed by atoms with Crippen molar-refractivity contribution in [1.29, 1.82) is 0 Å². The lowest BCUT2D eigenvalue weighted by Gasteiger charge is -2.34. The van der Waals surface area contributed by atoms with Crippen LogP contribution < -0.4 is 4.90 Å². The molecule has 5 nitrogen and oxygen atoms in total. The summed E-state index contributed by atoms with van der Waals surface area (Å²) < 4.78 is 52.1. The Labute approximate surface area is 162 Å². The van der Waals surface area contributed by atoms with Crippen LogP contribution in [-0.4, -0.2) is 39.4 Å². The quantitative estimate of drug-likeness (QED) is 0.462. The molecule has 2 aromatic heterocycles. The van der Waals surface area contributed by atoms with Crippen molar-refractivity contribution in [3.05, 3.63) is 42.2 Å². The van der Waals surface area contributed by atoms with Crippen molar-refractivity contribution in [1.82, 2.24) is 20.2 Å². The number of hydrogen-bond donors (Lipinski definition) is 2. The predicted molar refractivity (Wildman–Crippen MR) is 102 cm³/mol. The van der Waals surface area contributed by atoms with E-state index in [1.54, 1.807) is 6.07 Å². The largest absolute Gasteiger partial charge is 0.391 e. The third kappa shape index (κ3) is 3.20. The molecule has 0 aliphatic carbocycles. The lowest BCUT2D eigenvalue weighted by Crippen LogP contribution is -2.38. The Morgan fingerprint density at radius 3 is 2.55 bits per heavy atom. The highest BCUT2D eigenvalue weighted by Crippen LogP contribution is 2.36. The third-order valence-electron chi connectivity index (χ3n) is 5.54. The number of rotatable bonds is 2. The Balaban J connectivity index is 1.43. The molecule has 2 aromatic carbocycles. The zero-order chi connectivity index (χ0) is 20.2. The first kappa shape index (κ1) is 18.0. The maximum Gasteiger partial charge on any atom is 0.391 e. The van der Waals surface area contributed by atoms with Gasteiger partial charge in [0, 0.05) is 24.2 Å². The van der Waals surface area contributed by atoms with Crippen LogP contribution >= 0.6 is 0 Å². The van der Waals surface area contributed by atoms with Gasteiger partial charge in [-0.25, -0.2) is 9.37 Å². The van der Waals surface area contributed by atoms with E-state index < -0.39 is 12.1 Å². The molecule has 29 heavy (non-hydrogen) atoms. The molecule has 0 unspecified atom stereocenters. The maximum atomic E-state index is 13.4. The number of H-pyrrole nitrogens is 2. The summed E-state index contributed by atoms with van der Waals surface area (Å²) in [5.41, 5.74) is 3.53. The van der Waals surface area contributed by atoms with Gasteiger partial charge in [0.2, 0.25) is 0 Å². The minimum atomic E-state index is -4.12. The highest BCUT2D eigenvalue weighted by molar-refractivity contribution is 5.93. The maximum absolute atomic E-state index is 13.4. The number of piperidine rings is 1. The van der Waals surface area contributed by atoms with Gasteiger partial charge in [0.25, 0.3) is 0 Å². The summed E-state index contributed by atoms with van der Waals surface area (Å²) in [7, 11) is 0. The van der Waals surface area contributed by atoms with E-state index >= 15 is 0 Å². The third-order valence-corrected chi connectivity index (χ3v) is 5.54. The molecule has 0 amide bonds. The number of nitrogens with one attached hydrogen (secondary N) is 2. The number of aromatic nitrogens is 4. The fraction of sp³-hybridized carbons (Fsp3) is 0.300. The van der Waals surface area contributed by atoms with Crippen molar-refractivity contribution in [3.63, 3.8) is 0 Å². The normalized spacial score (nSPS) is 16.2. The fourth-order valence-electron chi connectivity index (χ4n) is 3.94. The van der Waals surface area contributed by atoms with E-state index in [0.717, 1.165) is 22.1 Å². The zero-order valence-corrected chi connectivity index (χ0v) is 15.2. The van der Waals surface area contributed by atoms with E-state index in [0.29, 0.717) is 30.1 Å². The second kappa shape index (κ2) is 6.47. The van der Waals surface area contributed by atoms with E-state index in [1.165, 1.54) is 12.1 Å². The van der Waals surface area contributed by atoms with Gasteiger partial charge in [-0.2, -0.15) is 18.3 Å². The second-order valence-electron chi connectivity index (χ2n) is 7.35. The molecule has 5 rings (SSSR count). The van der Waals surface area contributed by atoms with Gasteiger partial charge in [-0.3, -0.25) is 5.10 Å². The first-order chi connectivity index (χ1) is 13.9. The summed E-state index contributed by atoms with van der Waals surface area (Å²) in [5.74, 6) is -1.03. The monoisotopic (exact) mass is 403 g/mol. The Morgan fingerprint density at radius 1 is 1.00 bits per heavy atom. The average molecular weight is 403 g/mol. The molecule has 4 aromatic rings. The summed E-state index contributed by atoms with van der Waals surface area (Å²) >= 11 is 0. The number of anilines is 1. The first-order valence-corrected chi connectivity index (χ1v) is 9.34. The molecule has 1 aliphatic heterocycles. The van der Waals surface area contributed by atoms with Crippen LogP contribution in [-0.2, 0) is 0 Å². The predicted octanol–water partition coefficient (Wildman–Crippen LogP) is 5.02. The van der Waals surface area contributed by atoms with Crippen LogP contribution in [0.5, 0.6) is 0 Å². The van der Waals surface area contributed by atoms with Crippen LogP contribution in [0, 0.1) is 11.7 Å². The summed E-state index contributed by atoms with van der Waals surface area (Å²) in [6, 6.07) is 10.00. The number of fused-ring (bicyclic) bond motifs is 2. The molecular formula is C20H17F4N5. The van der Waals surface area contributed by atoms with Gasteiger partial charge in [-0.05, 0) is 49.2 Å².